The van der Waals surface area contributed by atoms with Crippen LogP contribution in [0, 0.1) is 0 Å². The number of anilines is 2. The van der Waals surface area contributed by atoms with E-state index in [0.717, 1.165) is 30.3 Å². The van der Waals surface area contributed by atoms with Gasteiger partial charge in [0.1, 0.15) is 4.90 Å². The molecule has 0 unspecified atom stereocenters. The molecular weight excluding hydrogens is 497 g/mol. The van der Waals surface area contributed by atoms with Crippen LogP contribution < -0.4 is 9.62 Å². The number of rotatable bonds is 4. The van der Waals surface area contributed by atoms with Crippen molar-refractivity contribution in [3.8, 4) is 0 Å². The minimum atomic E-state index is -4.70. The highest BCUT2D eigenvalue weighted by atomic mass is 79.9. The molecule has 29 heavy (non-hydrogen) atoms. The van der Waals surface area contributed by atoms with Gasteiger partial charge < -0.3 is 9.64 Å². The summed E-state index contributed by atoms with van der Waals surface area (Å²) in [6.45, 7) is 1.93. The summed E-state index contributed by atoms with van der Waals surface area (Å²) in [6, 6.07) is 6.37. The van der Waals surface area contributed by atoms with Gasteiger partial charge in [0.2, 0.25) is 0 Å². The number of ether oxygens (including phenoxy) is 1. The maximum Gasteiger partial charge on any atom is 0.417 e. The van der Waals surface area contributed by atoms with E-state index >= 15 is 0 Å². The number of sulfonamides is 1. The number of fused-ring (bicyclic) bond motifs is 1. The van der Waals surface area contributed by atoms with Gasteiger partial charge in [-0.1, -0.05) is 11.6 Å². The highest BCUT2D eigenvalue weighted by Gasteiger charge is 2.35. The lowest BCUT2D eigenvalue weighted by Crippen LogP contribution is -2.48. The van der Waals surface area contributed by atoms with Crippen molar-refractivity contribution in [2.75, 3.05) is 29.4 Å². The molecule has 0 radical (unpaired) electrons. The quantitative estimate of drug-likeness (QED) is 0.647. The predicted octanol–water partition coefficient (Wildman–Crippen LogP) is 4.68. The molecule has 2 aromatic rings. The summed E-state index contributed by atoms with van der Waals surface area (Å²) in [5, 5.41) is -0.502. The SMILES string of the molecule is O=S(=O)(Nc1ccc(Cl)c(C(F)(F)F)c1)c1cc2c(cc1Br)CCN2C1COC1. The first-order chi connectivity index (χ1) is 13.6. The van der Waals surface area contributed by atoms with Gasteiger partial charge in [0, 0.05) is 22.4 Å². The van der Waals surface area contributed by atoms with Crippen LogP contribution in [-0.2, 0) is 27.4 Å². The molecule has 2 aliphatic heterocycles. The van der Waals surface area contributed by atoms with Crippen LogP contribution in [0.25, 0.3) is 0 Å². The van der Waals surface area contributed by atoms with E-state index < -0.39 is 26.8 Å². The summed E-state index contributed by atoms with van der Waals surface area (Å²) in [5.74, 6) is 0. The zero-order valence-electron chi connectivity index (χ0n) is 14.8. The third-order valence-corrected chi connectivity index (χ3v) is 7.61. The second kappa shape index (κ2) is 7.33. The molecule has 0 aliphatic carbocycles. The third kappa shape index (κ3) is 3.95. The molecule has 0 spiro atoms. The maximum absolute atomic E-state index is 13.1. The Hall–Kier alpha value is -1.49. The lowest BCUT2D eigenvalue weighted by atomic mass is 10.1. The number of hydrogen-bond donors (Lipinski definition) is 1. The Labute approximate surface area is 179 Å². The van der Waals surface area contributed by atoms with Crippen molar-refractivity contribution in [1.29, 1.82) is 0 Å². The van der Waals surface area contributed by atoms with Crippen molar-refractivity contribution in [3.63, 3.8) is 0 Å². The topological polar surface area (TPSA) is 58.6 Å². The molecule has 1 saturated heterocycles. The van der Waals surface area contributed by atoms with E-state index in [-0.39, 0.29) is 16.6 Å². The zero-order valence-corrected chi connectivity index (χ0v) is 17.9. The zero-order chi connectivity index (χ0) is 21.0. The molecule has 1 N–H and O–H groups in total. The van der Waals surface area contributed by atoms with Crippen molar-refractivity contribution >= 4 is 48.9 Å². The van der Waals surface area contributed by atoms with Gasteiger partial charge in [0.15, 0.2) is 0 Å². The van der Waals surface area contributed by atoms with Crippen molar-refractivity contribution in [2.24, 2.45) is 0 Å². The molecule has 0 amide bonds. The lowest BCUT2D eigenvalue weighted by molar-refractivity contribution is -0.137. The van der Waals surface area contributed by atoms with Gasteiger partial charge >= 0.3 is 6.18 Å². The van der Waals surface area contributed by atoms with E-state index in [1.54, 1.807) is 12.1 Å². The minimum absolute atomic E-state index is 0.0492. The number of nitrogens with zero attached hydrogens (tertiary/aromatic N) is 1. The molecule has 1 fully saturated rings. The van der Waals surface area contributed by atoms with E-state index in [1.807, 2.05) is 0 Å². The second-order valence-electron chi connectivity index (χ2n) is 6.84. The van der Waals surface area contributed by atoms with Gasteiger partial charge in [-0.15, -0.1) is 0 Å². The van der Waals surface area contributed by atoms with Crippen LogP contribution in [0.2, 0.25) is 5.02 Å². The van der Waals surface area contributed by atoms with E-state index in [1.165, 1.54) is 6.07 Å². The third-order valence-electron chi connectivity index (χ3n) is 4.94. The number of halogens is 5. The molecule has 11 heteroatoms. The Morgan fingerprint density at radius 3 is 2.55 bits per heavy atom. The monoisotopic (exact) mass is 510 g/mol. The largest absolute Gasteiger partial charge is 0.417 e. The molecule has 0 saturated carbocycles. The second-order valence-corrected chi connectivity index (χ2v) is 9.76. The Morgan fingerprint density at radius 2 is 1.93 bits per heavy atom. The number of nitrogens with one attached hydrogen (secondary N) is 1. The summed E-state index contributed by atoms with van der Waals surface area (Å²) >= 11 is 8.88. The van der Waals surface area contributed by atoms with Crippen LogP contribution in [-0.4, -0.2) is 34.2 Å². The first kappa shape index (κ1) is 20.8. The molecule has 156 valence electrons. The summed E-state index contributed by atoms with van der Waals surface area (Å²) in [7, 11) is -4.14. The smallest absolute Gasteiger partial charge is 0.377 e. The normalized spacial score (nSPS) is 17.2. The van der Waals surface area contributed by atoms with Crippen LogP contribution in [0.1, 0.15) is 11.1 Å². The highest BCUT2D eigenvalue weighted by molar-refractivity contribution is 9.10. The van der Waals surface area contributed by atoms with Crippen LogP contribution in [0.4, 0.5) is 24.5 Å². The van der Waals surface area contributed by atoms with Gasteiger partial charge in [-0.3, -0.25) is 4.72 Å². The lowest BCUT2D eigenvalue weighted by Gasteiger charge is -2.36. The summed E-state index contributed by atoms with van der Waals surface area (Å²) in [6.07, 6.45) is -3.91. The fourth-order valence-electron chi connectivity index (χ4n) is 3.42. The first-order valence-corrected chi connectivity index (χ1v) is 11.3. The molecule has 2 aromatic carbocycles. The van der Waals surface area contributed by atoms with E-state index in [0.29, 0.717) is 23.8 Å². The Bertz CT molecular complexity index is 1070. The Kier molecular flexibility index (Phi) is 5.25. The fourth-order valence-corrected chi connectivity index (χ4v) is 5.80. The molecule has 2 heterocycles. The average molecular weight is 512 g/mol. The Balaban J connectivity index is 1.68. The van der Waals surface area contributed by atoms with Gasteiger partial charge in [-0.2, -0.15) is 13.2 Å². The van der Waals surface area contributed by atoms with Crippen molar-refractivity contribution in [1.82, 2.24) is 0 Å². The van der Waals surface area contributed by atoms with Crippen molar-refractivity contribution in [2.45, 2.75) is 23.5 Å². The summed E-state index contributed by atoms with van der Waals surface area (Å²) in [4.78, 5) is 2.06. The van der Waals surface area contributed by atoms with E-state index in [9.17, 15) is 21.6 Å². The van der Waals surface area contributed by atoms with E-state index in [4.69, 9.17) is 16.3 Å². The number of alkyl halides is 3. The Morgan fingerprint density at radius 1 is 1.21 bits per heavy atom. The summed E-state index contributed by atoms with van der Waals surface area (Å²) < 4.78 is 72.9. The van der Waals surface area contributed by atoms with Crippen LogP contribution >= 0.6 is 27.5 Å². The van der Waals surface area contributed by atoms with Gasteiger partial charge in [0.05, 0.1) is 29.8 Å². The predicted molar refractivity (Wildman–Crippen MR) is 107 cm³/mol. The average Bonchev–Trinajstić information content (AvgIpc) is 2.95. The van der Waals surface area contributed by atoms with Crippen molar-refractivity contribution < 1.29 is 26.3 Å². The van der Waals surface area contributed by atoms with Gasteiger partial charge in [0.25, 0.3) is 10.0 Å². The molecule has 5 nitrogen and oxygen atoms in total. The van der Waals surface area contributed by atoms with Gasteiger partial charge in [-0.05, 0) is 58.2 Å². The highest BCUT2D eigenvalue weighted by Crippen LogP contribution is 2.39. The maximum atomic E-state index is 13.1. The fraction of sp³-hybridized carbons (Fsp3) is 0.333. The minimum Gasteiger partial charge on any atom is -0.377 e. The van der Waals surface area contributed by atoms with Crippen LogP contribution in [0.15, 0.2) is 39.7 Å². The molecule has 0 bridgehead atoms. The molecule has 4 rings (SSSR count). The standard InChI is InChI=1S/C18H15BrClF3N2O3S/c19-14-5-10-3-4-25(12-8-28-9-12)16(10)7-17(14)29(26,27)24-11-1-2-15(20)13(6-11)18(21,22)23/h1-2,5-7,12,24H,3-4,8-9H2. The first-order valence-electron chi connectivity index (χ1n) is 8.62. The summed E-state index contributed by atoms with van der Waals surface area (Å²) in [5.41, 5.74) is 0.476. The number of benzene rings is 2. The van der Waals surface area contributed by atoms with Gasteiger partial charge in [-0.25, -0.2) is 8.42 Å². The molecule has 0 aromatic heterocycles. The van der Waals surface area contributed by atoms with Crippen LogP contribution in [0.5, 0.6) is 0 Å². The van der Waals surface area contributed by atoms with Crippen molar-refractivity contribution in [3.05, 3.63) is 51.0 Å². The van der Waals surface area contributed by atoms with E-state index in [2.05, 4.69) is 25.6 Å². The molecule has 2 aliphatic rings. The van der Waals surface area contributed by atoms with Crippen LogP contribution in [0.3, 0.4) is 0 Å². The molecular formula is C18H15BrClF3N2O3S. The molecule has 0 atom stereocenters. The number of hydrogen-bond acceptors (Lipinski definition) is 4.